The molecule has 2 unspecified atom stereocenters. The van der Waals surface area contributed by atoms with Crippen molar-refractivity contribution in [3.63, 3.8) is 0 Å². The highest BCUT2D eigenvalue weighted by molar-refractivity contribution is 6.31. The van der Waals surface area contributed by atoms with Gasteiger partial charge in [0.25, 0.3) is 0 Å². The highest BCUT2D eigenvalue weighted by atomic mass is 35.5. The number of halogens is 3. The molecule has 7 atom stereocenters. The van der Waals surface area contributed by atoms with Crippen LogP contribution in [0.1, 0.15) is 81.7 Å². The minimum absolute atomic E-state index is 0.0496. The largest absolute Gasteiger partial charge is 0.420 e. The number of methoxy groups -OCH3 is 1. The van der Waals surface area contributed by atoms with Gasteiger partial charge in [-0.3, -0.25) is 14.9 Å². The Hall–Kier alpha value is -2.90. The van der Waals surface area contributed by atoms with E-state index in [1.165, 1.54) is 6.20 Å². The normalized spacial score (nSPS) is 33.9. The first kappa shape index (κ1) is 32.6. The second-order valence-corrected chi connectivity index (χ2v) is 15.0. The van der Waals surface area contributed by atoms with E-state index in [0.717, 1.165) is 12.8 Å². The van der Waals surface area contributed by atoms with Crippen molar-refractivity contribution >= 4 is 35.0 Å². The van der Waals surface area contributed by atoms with Crippen LogP contribution in [0, 0.1) is 22.6 Å². The quantitative estimate of drug-likeness (QED) is 0.371. The molecule has 2 spiro atoms. The van der Waals surface area contributed by atoms with Gasteiger partial charge >= 0.3 is 0 Å². The van der Waals surface area contributed by atoms with Crippen LogP contribution in [0.3, 0.4) is 0 Å². The van der Waals surface area contributed by atoms with E-state index in [1.807, 2.05) is 12.2 Å². The van der Waals surface area contributed by atoms with Gasteiger partial charge in [-0.05, 0) is 67.7 Å². The molecule has 3 N–H and O–H groups in total. The van der Waals surface area contributed by atoms with Crippen LogP contribution < -0.4 is 16.0 Å². The van der Waals surface area contributed by atoms with Crippen LogP contribution in [0.5, 0.6) is 0 Å². The van der Waals surface area contributed by atoms with Crippen molar-refractivity contribution in [3.8, 4) is 0 Å². The Bertz CT molecular complexity index is 1610. The van der Waals surface area contributed by atoms with E-state index >= 15 is 4.39 Å². The lowest BCUT2D eigenvalue weighted by Crippen LogP contribution is -2.61. The van der Waals surface area contributed by atoms with Crippen LogP contribution in [-0.4, -0.2) is 64.4 Å². The molecule has 3 aliphatic heterocycles. The maximum Gasteiger partial charge on any atom is 0.245 e. The number of hydrogen-bond donors (Lipinski definition) is 3. The Morgan fingerprint density at radius 3 is 2.70 bits per heavy atom. The van der Waals surface area contributed by atoms with Gasteiger partial charge in [0.2, 0.25) is 23.6 Å². The zero-order valence-corrected chi connectivity index (χ0v) is 28.0. The second kappa shape index (κ2) is 12.2. The highest BCUT2D eigenvalue weighted by Crippen LogP contribution is 2.66. The van der Waals surface area contributed by atoms with E-state index in [4.69, 9.17) is 37.1 Å². The van der Waals surface area contributed by atoms with E-state index in [2.05, 4.69) is 45.0 Å². The van der Waals surface area contributed by atoms with Crippen LogP contribution in [0.25, 0.3) is 0 Å². The molecule has 1 saturated carbocycles. The number of aromatic nitrogens is 3. The number of fused-ring (bicyclic) bond motifs is 3. The number of nitrogens with zero attached hydrogens (tertiary/aromatic N) is 3. The van der Waals surface area contributed by atoms with Gasteiger partial charge in [-0.2, -0.15) is 0 Å². The van der Waals surface area contributed by atoms with E-state index in [1.54, 1.807) is 19.3 Å². The summed E-state index contributed by atoms with van der Waals surface area (Å²) in [6.07, 6.45) is 10.7. The van der Waals surface area contributed by atoms with Crippen LogP contribution >= 0.6 is 23.2 Å². The molecule has 2 aromatic heterocycles. The average Bonchev–Trinajstić information content (AvgIpc) is 3.71. The fourth-order valence-corrected chi connectivity index (χ4v) is 9.11. The Labute approximate surface area is 282 Å². The fourth-order valence-electron chi connectivity index (χ4n) is 8.74. The maximum absolute atomic E-state index is 16.1. The summed E-state index contributed by atoms with van der Waals surface area (Å²) in [7, 11) is 1.55. The fraction of sp³-hybridized carbons (Fsp3) is 0.606. The summed E-state index contributed by atoms with van der Waals surface area (Å²) in [5.41, 5.74) is -1.80. The number of amides is 2. The van der Waals surface area contributed by atoms with Crippen molar-refractivity contribution in [3.05, 3.63) is 63.8 Å². The maximum atomic E-state index is 16.1. The van der Waals surface area contributed by atoms with Crippen molar-refractivity contribution < 1.29 is 27.9 Å². The minimum atomic E-state index is -1.22. The molecule has 252 valence electrons. The molecule has 0 radical (unpaired) electrons. The molecule has 5 heterocycles. The van der Waals surface area contributed by atoms with Gasteiger partial charge in [0.15, 0.2) is 11.0 Å². The smallest absolute Gasteiger partial charge is 0.245 e. The summed E-state index contributed by atoms with van der Waals surface area (Å²) in [5.74, 6) is -1.85. The summed E-state index contributed by atoms with van der Waals surface area (Å²) in [6.45, 7) is 4.85. The van der Waals surface area contributed by atoms with Crippen molar-refractivity contribution in [2.75, 3.05) is 13.7 Å². The zero-order valence-electron chi connectivity index (χ0n) is 26.5. The van der Waals surface area contributed by atoms with Crippen molar-refractivity contribution in [2.24, 2.45) is 16.7 Å². The lowest BCUT2D eigenvalue weighted by Gasteiger charge is -2.52. The molecular weight excluding hydrogens is 650 g/mol. The van der Waals surface area contributed by atoms with Gasteiger partial charge < -0.3 is 24.5 Å². The lowest BCUT2D eigenvalue weighted by molar-refractivity contribution is -0.134. The van der Waals surface area contributed by atoms with Gasteiger partial charge in [0.1, 0.15) is 12.7 Å². The molecule has 0 aromatic carbocycles. The summed E-state index contributed by atoms with van der Waals surface area (Å²) < 4.78 is 32.9. The molecule has 2 aliphatic carbocycles. The van der Waals surface area contributed by atoms with E-state index in [-0.39, 0.29) is 47.2 Å². The van der Waals surface area contributed by atoms with E-state index in [0.29, 0.717) is 42.5 Å². The highest BCUT2D eigenvalue weighted by Gasteiger charge is 2.75. The molecule has 5 aliphatic rings. The second-order valence-electron chi connectivity index (χ2n) is 14.2. The third kappa shape index (κ3) is 5.40. The Kier molecular flexibility index (Phi) is 8.48. The topological polar surface area (TPSA) is 140 Å². The predicted molar refractivity (Wildman–Crippen MR) is 170 cm³/mol. The number of rotatable bonds is 6. The summed E-state index contributed by atoms with van der Waals surface area (Å²) in [6, 6.07) is -0.133. The van der Waals surface area contributed by atoms with Crippen LogP contribution in [0.2, 0.25) is 5.15 Å². The average molecular weight is 690 g/mol. The van der Waals surface area contributed by atoms with Crippen molar-refractivity contribution in [1.82, 2.24) is 31.1 Å². The van der Waals surface area contributed by atoms with E-state index in [9.17, 15) is 9.59 Å². The third-order valence-electron chi connectivity index (χ3n) is 11.0. The van der Waals surface area contributed by atoms with Crippen molar-refractivity contribution in [1.29, 1.82) is 0 Å². The monoisotopic (exact) mass is 688 g/mol. The van der Waals surface area contributed by atoms with Crippen LogP contribution in [0.4, 0.5) is 4.39 Å². The number of allylic oxidation sites excluding steroid dienone is 2. The third-order valence-corrected chi connectivity index (χ3v) is 11.5. The lowest BCUT2D eigenvalue weighted by atomic mass is 9.51. The SMILES string of the molecule is COCc1nnc([C@@H]2CC[C@@H](NC(=O)[C@@H]3NC4(CCC(C)(C)CC4)[C@@]4(C(=O)NC5C=C(Cl)C=CC54)[C@H]3c3ccnc(Cl)c3F)CO2)o1. The first-order valence-electron chi connectivity index (χ1n) is 16.2. The molecule has 2 aromatic rings. The molecule has 0 bridgehead atoms. The number of carbonyl (C=O) groups excluding carboxylic acids is 2. The molecule has 14 heteroatoms. The number of nitrogens with one attached hydrogen (secondary N) is 3. The first-order chi connectivity index (χ1) is 22.5. The van der Waals surface area contributed by atoms with Gasteiger partial charge in [0.05, 0.1) is 30.1 Å². The van der Waals surface area contributed by atoms with Crippen LogP contribution in [-0.2, 0) is 25.7 Å². The summed E-state index contributed by atoms with van der Waals surface area (Å²) in [4.78, 5) is 33.1. The molecule has 7 rings (SSSR count). The van der Waals surface area contributed by atoms with Gasteiger partial charge in [-0.15, -0.1) is 10.2 Å². The zero-order chi connectivity index (χ0) is 33.1. The van der Waals surface area contributed by atoms with E-state index < -0.39 is 46.8 Å². The van der Waals surface area contributed by atoms with Crippen LogP contribution in [0.15, 0.2) is 39.9 Å². The first-order valence-corrected chi connectivity index (χ1v) is 16.9. The predicted octanol–water partition coefficient (Wildman–Crippen LogP) is 4.63. The van der Waals surface area contributed by atoms with Crippen molar-refractivity contribution in [2.45, 2.75) is 94.7 Å². The number of pyridine rings is 1. The number of carbonyl (C=O) groups is 2. The molecular formula is C33H39Cl2FN6O5. The summed E-state index contributed by atoms with van der Waals surface area (Å²) >= 11 is 12.7. The Morgan fingerprint density at radius 2 is 1.98 bits per heavy atom. The number of ether oxygens (including phenoxy) is 2. The minimum Gasteiger partial charge on any atom is -0.420 e. The Morgan fingerprint density at radius 1 is 1.19 bits per heavy atom. The molecule has 2 amide bonds. The number of hydrogen-bond acceptors (Lipinski definition) is 9. The molecule has 3 saturated heterocycles. The van der Waals surface area contributed by atoms with Gasteiger partial charge in [-0.25, -0.2) is 9.37 Å². The molecule has 11 nitrogen and oxygen atoms in total. The Balaban J connectivity index is 1.24. The standard InChI is InChI=1S/C33H39Cl2FN6O5/c1-31(2)9-11-32(12-10-31)33(20-6-4-17(34)14-21(20)39-30(33)44)24(19-8-13-37-27(35)25(19)36)26(40-32)28(43)38-18-5-7-22(46-15-18)29-42-41-23(47-29)16-45-3/h4,6,8,13-14,18,20-22,24,26,40H,5,7,9-12,15-16H2,1-3H3,(H,38,43)(H,39,44)/t18-,20?,21?,22+,24+,26-,33-/m1/s1. The molecule has 47 heavy (non-hydrogen) atoms. The van der Waals surface area contributed by atoms with Gasteiger partial charge in [0, 0.05) is 35.7 Å². The molecule has 4 fully saturated rings. The van der Waals surface area contributed by atoms with Gasteiger partial charge in [-0.1, -0.05) is 43.1 Å². The summed E-state index contributed by atoms with van der Waals surface area (Å²) in [5, 5.41) is 18.3.